The summed E-state index contributed by atoms with van der Waals surface area (Å²) in [5.41, 5.74) is 0.841. The molecule has 1 aromatic carbocycles. The SMILES string of the molecule is Cc1ccc(NC(=O)CCCCC(=O)O)cc1[N+](=O)[O-]. The van der Waals surface area contributed by atoms with Gasteiger partial charge in [0.15, 0.2) is 0 Å². The lowest BCUT2D eigenvalue weighted by atomic mass is 10.1. The van der Waals surface area contributed by atoms with Crippen molar-refractivity contribution in [2.24, 2.45) is 0 Å². The number of hydrogen-bond acceptors (Lipinski definition) is 4. The average Bonchev–Trinajstić information content (AvgIpc) is 2.36. The Morgan fingerprint density at radius 3 is 2.55 bits per heavy atom. The number of amides is 1. The van der Waals surface area contributed by atoms with Crippen molar-refractivity contribution >= 4 is 23.3 Å². The number of anilines is 1. The molecule has 0 aliphatic heterocycles. The molecule has 1 amide bonds. The van der Waals surface area contributed by atoms with Crippen molar-refractivity contribution in [2.75, 3.05) is 5.32 Å². The minimum absolute atomic E-state index is 0.0310. The van der Waals surface area contributed by atoms with E-state index in [0.29, 0.717) is 24.1 Å². The number of nitro benzene ring substituents is 1. The predicted molar refractivity (Wildman–Crippen MR) is 72.6 cm³/mol. The molecule has 0 saturated carbocycles. The summed E-state index contributed by atoms with van der Waals surface area (Å²) in [5.74, 6) is -1.17. The van der Waals surface area contributed by atoms with Gasteiger partial charge in [0.25, 0.3) is 5.69 Å². The molecule has 0 aliphatic carbocycles. The van der Waals surface area contributed by atoms with Gasteiger partial charge in [-0.05, 0) is 25.8 Å². The fourth-order valence-electron chi connectivity index (χ4n) is 1.67. The molecule has 20 heavy (non-hydrogen) atoms. The number of hydrogen-bond donors (Lipinski definition) is 2. The number of benzene rings is 1. The number of aliphatic carboxylic acids is 1. The van der Waals surface area contributed by atoms with Crippen molar-refractivity contribution in [1.82, 2.24) is 0 Å². The summed E-state index contributed by atoms with van der Waals surface area (Å²) in [6.07, 6.45) is 1.11. The van der Waals surface area contributed by atoms with Crippen LogP contribution in [0.2, 0.25) is 0 Å². The number of carboxylic acid groups (broad SMARTS) is 1. The summed E-state index contributed by atoms with van der Waals surface area (Å²) in [7, 11) is 0. The lowest BCUT2D eigenvalue weighted by molar-refractivity contribution is -0.385. The maximum absolute atomic E-state index is 11.6. The zero-order valence-electron chi connectivity index (χ0n) is 11.1. The smallest absolute Gasteiger partial charge is 0.303 e. The van der Waals surface area contributed by atoms with E-state index in [0.717, 1.165) is 0 Å². The van der Waals surface area contributed by atoms with E-state index in [1.807, 2.05) is 0 Å². The summed E-state index contributed by atoms with van der Waals surface area (Å²) in [5, 5.41) is 21.8. The molecule has 108 valence electrons. The van der Waals surface area contributed by atoms with E-state index in [1.54, 1.807) is 19.1 Å². The number of carbonyl (C=O) groups excluding carboxylic acids is 1. The van der Waals surface area contributed by atoms with Crippen LogP contribution in [-0.2, 0) is 9.59 Å². The third kappa shape index (κ3) is 5.05. The summed E-state index contributed by atoms with van der Waals surface area (Å²) >= 11 is 0. The van der Waals surface area contributed by atoms with Crippen molar-refractivity contribution in [3.8, 4) is 0 Å². The molecule has 0 saturated heterocycles. The van der Waals surface area contributed by atoms with Crippen LogP contribution in [0.1, 0.15) is 31.2 Å². The number of unbranched alkanes of at least 4 members (excludes halogenated alkanes) is 1. The lowest BCUT2D eigenvalue weighted by Gasteiger charge is -2.06. The van der Waals surface area contributed by atoms with Gasteiger partial charge in [0.2, 0.25) is 5.91 Å². The van der Waals surface area contributed by atoms with Crippen molar-refractivity contribution in [2.45, 2.75) is 32.6 Å². The largest absolute Gasteiger partial charge is 0.481 e. The van der Waals surface area contributed by atoms with Crippen molar-refractivity contribution < 1.29 is 19.6 Å². The van der Waals surface area contributed by atoms with Gasteiger partial charge in [-0.2, -0.15) is 0 Å². The molecule has 7 heteroatoms. The Bertz CT molecular complexity index is 527. The van der Waals surface area contributed by atoms with E-state index in [1.165, 1.54) is 6.07 Å². The zero-order chi connectivity index (χ0) is 15.1. The summed E-state index contributed by atoms with van der Waals surface area (Å²) < 4.78 is 0. The Morgan fingerprint density at radius 1 is 1.30 bits per heavy atom. The van der Waals surface area contributed by atoms with Gasteiger partial charge in [-0.3, -0.25) is 19.7 Å². The number of nitro groups is 1. The van der Waals surface area contributed by atoms with Crippen LogP contribution in [0.5, 0.6) is 0 Å². The fourth-order valence-corrected chi connectivity index (χ4v) is 1.67. The molecule has 0 aliphatic rings. The molecule has 0 atom stereocenters. The summed E-state index contributed by atoms with van der Waals surface area (Å²) in [4.78, 5) is 32.2. The van der Waals surface area contributed by atoms with Crippen molar-refractivity contribution in [3.05, 3.63) is 33.9 Å². The zero-order valence-corrected chi connectivity index (χ0v) is 11.1. The number of aryl methyl sites for hydroxylation is 1. The van der Waals surface area contributed by atoms with E-state index in [2.05, 4.69) is 5.32 Å². The van der Waals surface area contributed by atoms with Gasteiger partial charge >= 0.3 is 5.97 Å². The lowest BCUT2D eigenvalue weighted by Crippen LogP contribution is -2.11. The standard InChI is InChI=1S/C13H16N2O5/c1-9-6-7-10(8-11(9)15(19)20)14-12(16)4-2-3-5-13(17)18/h6-8H,2-5H2,1H3,(H,14,16)(H,17,18). The highest BCUT2D eigenvalue weighted by Crippen LogP contribution is 2.22. The molecule has 1 rings (SSSR count). The number of nitrogens with zero attached hydrogens (tertiary/aromatic N) is 1. The van der Waals surface area contributed by atoms with Crippen molar-refractivity contribution in [1.29, 1.82) is 0 Å². The predicted octanol–water partition coefficient (Wildman–Crippen LogP) is 2.49. The molecular weight excluding hydrogens is 264 g/mol. The highest BCUT2D eigenvalue weighted by molar-refractivity contribution is 5.91. The Hall–Kier alpha value is -2.44. The summed E-state index contributed by atoms with van der Waals surface area (Å²) in [6.45, 7) is 1.62. The molecule has 7 nitrogen and oxygen atoms in total. The molecular formula is C13H16N2O5. The van der Waals surface area contributed by atoms with E-state index in [-0.39, 0.29) is 24.4 Å². The minimum atomic E-state index is -0.889. The van der Waals surface area contributed by atoms with Crippen LogP contribution in [0.15, 0.2) is 18.2 Å². The molecule has 0 spiro atoms. The second-order valence-electron chi connectivity index (χ2n) is 4.41. The molecule has 0 aromatic heterocycles. The van der Waals surface area contributed by atoms with E-state index in [4.69, 9.17) is 5.11 Å². The normalized spacial score (nSPS) is 10.1. The topological polar surface area (TPSA) is 110 Å². The third-order valence-corrected chi connectivity index (χ3v) is 2.73. The summed E-state index contributed by atoms with van der Waals surface area (Å²) in [6, 6.07) is 4.47. The van der Waals surface area contributed by atoms with Crippen LogP contribution in [0.25, 0.3) is 0 Å². The van der Waals surface area contributed by atoms with Crippen molar-refractivity contribution in [3.63, 3.8) is 0 Å². The molecule has 0 radical (unpaired) electrons. The van der Waals surface area contributed by atoms with Crippen LogP contribution >= 0.6 is 0 Å². The van der Waals surface area contributed by atoms with Gasteiger partial charge < -0.3 is 10.4 Å². The highest BCUT2D eigenvalue weighted by Gasteiger charge is 2.12. The van der Waals surface area contributed by atoms with Gasteiger partial charge in [-0.15, -0.1) is 0 Å². The maximum Gasteiger partial charge on any atom is 0.303 e. The molecule has 2 N–H and O–H groups in total. The number of nitrogens with one attached hydrogen (secondary N) is 1. The first-order chi connectivity index (χ1) is 9.40. The van der Waals surface area contributed by atoms with Crippen LogP contribution < -0.4 is 5.32 Å². The highest BCUT2D eigenvalue weighted by atomic mass is 16.6. The first-order valence-corrected chi connectivity index (χ1v) is 6.17. The molecule has 0 heterocycles. The number of carboxylic acids is 1. The molecule has 0 fully saturated rings. The second-order valence-corrected chi connectivity index (χ2v) is 4.41. The molecule has 0 unspecified atom stereocenters. The van der Waals surface area contributed by atoms with E-state index < -0.39 is 10.9 Å². The first kappa shape index (κ1) is 15.6. The Balaban J connectivity index is 2.52. The van der Waals surface area contributed by atoms with Crippen LogP contribution in [0, 0.1) is 17.0 Å². The van der Waals surface area contributed by atoms with Gasteiger partial charge in [0.1, 0.15) is 0 Å². The van der Waals surface area contributed by atoms with Gasteiger partial charge in [-0.25, -0.2) is 0 Å². The molecule has 1 aromatic rings. The van der Waals surface area contributed by atoms with Crippen LogP contribution in [-0.4, -0.2) is 21.9 Å². The van der Waals surface area contributed by atoms with E-state index in [9.17, 15) is 19.7 Å². The van der Waals surface area contributed by atoms with Crippen LogP contribution in [0.3, 0.4) is 0 Å². The van der Waals surface area contributed by atoms with Gasteiger partial charge in [0.05, 0.1) is 4.92 Å². The Morgan fingerprint density at radius 2 is 1.95 bits per heavy atom. The number of rotatable bonds is 7. The van der Waals surface area contributed by atoms with Gasteiger partial charge in [0, 0.05) is 30.2 Å². The fraction of sp³-hybridized carbons (Fsp3) is 0.385. The quantitative estimate of drug-likeness (QED) is 0.453. The third-order valence-electron chi connectivity index (χ3n) is 2.73. The van der Waals surface area contributed by atoms with E-state index >= 15 is 0 Å². The molecule has 0 bridgehead atoms. The first-order valence-electron chi connectivity index (χ1n) is 6.17. The second kappa shape index (κ2) is 7.22. The number of carbonyl (C=O) groups is 2. The van der Waals surface area contributed by atoms with Gasteiger partial charge in [-0.1, -0.05) is 6.07 Å². The Kier molecular flexibility index (Phi) is 5.64. The Labute approximate surface area is 115 Å². The van der Waals surface area contributed by atoms with Crippen LogP contribution in [0.4, 0.5) is 11.4 Å². The maximum atomic E-state index is 11.6. The minimum Gasteiger partial charge on any atom is -0.481 e. The average molecular weight is 280 g/mol. The monoisotopic (exact) mass is 280 g/mol.